The molecule has 0 heterocycles. The molecule has 2 rings (SSSR count). The van der Waals surface area contributed by atoms with Gasteiger partial charge < -0.3 is 5.32 Å². The van der Waals surface area contributed by atoms with E-state index in [9.17, 15) is 4.39 Å². The lowest BCUT2D eigenvalue weighted by Gasteiger charge is -2.09. The zero-order valence-corrected chi connectivity index (χ0v) is 11.2. The predicted molar refractivity (Wildman–Crippen MR) is 72.9 cm³/mol. The molecule has 0 saturated heterocycles. The summed E-state index contributed by atoms with van der Waals surface area (Å²) in [7, 11) is 0. The monoisotopic (exact) mass is 313 g/mol. The van der Waals surface area contributed by atoms with Gasteiger partial charge in [0.25, 0.3) is 0 Å². The van der Waals surface area contributed by atoms with Crippen LogP contribution in [0.4, 0.5) is 10.1 Å². The fourth-order valence-corrected chi connectivity index (χ4v) is 2.20. The molecule has 0 aliphatic carbocycles. The molecule has 0 aromatic heterocycles. The molecule has 0 radical (unpaired) electrons. The Labute approximate surface area is 113 Å². The average Bonchev–Trinajstić information content (AvgIpc) is 2.28. The van der Waals surface area contributed by atoms with Crippen molar-refractivity contribution in [2.45, 2.75) is 6.54 Å². The Morgan fingerprint density at radius 2 is 1.94 bits per heavy atom. The standard InChI is InChI=1S/C13H10BrClFN/c14-11-5-2-6-12(16)13(11)17-8-9-3-1-4-10(15)7-9/h1-7,17H,8H2. The summed E-state index contributed by atoms with van der Waals surface area (Å²) in [5.41, 5.74) is 1.47. The summed E-state index contributed by atoms with van der Waals surface area (Å²) in [6, 6.07) is 12.3. The lowest BCUT2D eigenvalue weighted by molar-refractivity contribution is 0.629. The van der Waals surface area contributed by atoms with E-state index in [0.29, 0.717) is 21.7 Å². The minimum absolute atomic E-state index is 0.276. The molecule has 0 aliphatic rings. The van der Waals surface area contributed by atoms with Gasteiger partial charge in [0.1, 0.15) is 5.82 Å². The lowest BCUT2D eigenvalue weighted by atomic mass is 10.2. The van der Waals surface area contributed by atoms with Crippen LogP contribution >= 0.6 is 27.5 Å². The van der Waals surface area contributed by atoms with E-state index in [2.05, 4.69) is 21.2 Å². The van der Waals surface area contributed by atoms with Crippen molar-refractivity contribution in [3.05, 3.63) is 63.3 Å². The molecule has 0 fully saturated rings. The van der Waals surface area contributed by atoms with Crippen LogP contribution in [0.2, 0.25) is 5.02 Å². The van der Waals surface area contributed by atoms with Crippen molar-refractivity contribution in [2.75, 3.05) is 5.32 Å². The van der Waals surface area contributed by atoms with Gasteiger partial charge >= 0.3 is 0 Å². The van der Waals surface area contributed by atoms with Gasteiger partial charge in [-0.05, 0) is 45.8 Å². The Bertz CT molecular complexity index is 510. The van der Waals surface area contributed by atoms with Gasteiger partial charge in [-0.3, -0.25) is 0 Å². The Morgan fingerprint density at radius 1 is 1.18 bits per heavy atom. The summed E-state index contributed by atoms with van der Waals surface area (Å²) in [5.74, 6) is -0.276. The fraction of sp³-hybridized carbons (Fsp3) is 0.0769. The molecule has 2 aromatic carbocycles. The normalized spacial score (nSPS) is 10.3. The highest BCUT2D eigenvalue weighted by Gasteiger charge is 2.05. The molecule has 0 saturated carbocycles. The fourth-order valence-electron chi connectivity index (χ4n) is 1.50. The van der Waals surface area contributed by atoms with E-state index in [1.807, 2.05) is 24.3 Å². The Kier molecular flexibility index (Phi) is 4.02. The second kappa shape index (κ2) is 5.52. The number of hydrogen-bond donors (Lipinski definition) is 1. The third-order valence-electron chi connectivity index (χ3n) is 2.32. The van der Waals surface area contributed by atoms with Gasteiger partial charge in [-0.15, -0.1) is 0 Å². The molecular formula is C13H10BrClFN. The predicted octanol–water partition coefficient (Wildman–Crippen LogP) is 4.85. The Balaban J connectivity index is 2.13. The van der Waals surface area contributed by atoms with Gasteiger partial charge in [0, 0.05) is 16.0 Å². The van der Waals surface area contributed by atoms with Crippen molar-refractivity contribution in [3.63, 3.8) is 0 Å². The van der Waals surface area contributed by atoms with Crippen LogP contribution in [-0.4, -0.2) is 0 Å². The molecule has 0 bridgehead atoms. The number of rotatable bonds is 3. The zero-order valence-electron chi connectivity index (χ0n) is 8.88. The van der Waals surface area contributed by atoms with Crippen LogP contribution < -0.4 is 5.32 Å². The van der Waals surface area contributed by atoms with Gasteiger partial charge in [-0.1, -0.05) is 29.8 Å². The van der Waals surface area contributed by atoms with E-state index in [0.717, 1.165) is 5.56 Å². The van der Waals surface area contributed by atoms with E-state index in [1.165, 1.54) is 6.07 Å². The van der Waals surface area contributed by atoms with Crippen LogP contribution in [0, 0.1) is 5.82 Å². The van der Waals surface area contributed by atoms with Crippen molar-refractivity contribution in [1.82, 2.24) is 0 Å². The zero-order chi connectivity index (χ0) is 12.3. The summed E-state index contributed by atoms with van der Waals surface area (Å²) in [4.78, 5) is 0. The summed E-state index contributed by atoms with van der Waals surface area (Å²) < 4.78 is 14.2. The summed E-state index contributed by atoms with van der Waals surface area (Å²) in [6.07, 6.45) is 0. The largest absolute Gasteiger partial charge is 0.378 e. The molecule has 1 nitrogen and oxygen atoms in total. The maximum atomic E-state index is 13.5. The first kappa shape index (κ1) is 12.4. The molecular weight excluding hydrogens is 305 g/mol. The topological polar surface area (TPSA) is 12.0 Å². The highest BCUT2D eigenvalue weighted by molar-refractivity contribution is 9.10. The van der Waals surface area contributed by atoms with Gasteiger partial charge in [0.05, 0.1) is 5.69 Å². The molecule has 0 spiro atoms. The van der Waals surface area contributed by atoms with Crippen molar-refractivity contribution in [2.24, 2.45) is 0 Å². The number of halogens is 3. The van der Waals surface area contributed by atoms with Gasteiger partial charge in [-0.25, -0.2) is 4.39 Å². The average molecular weight is 315 g/mol. The highest BCUT2D eigenvalue weighted by atomic mass is 79.9. The van der Waals surface area contributed by atoms with Gasteiger partial charge in [0.15, 0.2) is 0 Å². The van der Waals surface area contributed by atoms with Crippen molar-refractivity contribution < 1.29 is 4.39 Å². The molecule has 2 aromatic rings. The smallest absolute Gasteiger partial charge is 0.147 e. The van der Waals surface area contributed by atoms with Crippen molar-refractivity contribution in [3.8, 4) is 0 Å². The van der Waals surface area contributed by atoms with Gasteiger partial charge in [-0.2, -0.15) is 0 Å². The van der Waals surface area contributed by atoms with Crippen molar-refractivity contribution in [1.29, 1.82) is 0 Å². The van der Waals surface area contributed by atoms with E-state index < -0.39 is 0 Å². The molecule has 88 valence electrons. The Morgan fingerprint density at radius 3 is 2.65 bits per heavy atom. The second-order valence-corrected chi connectivity index (χ2v) is 4.87. The summed E-state index contributed by atoms with van der Waals surface area (Å²) >= 11 is 9.18. The lowest BCUT2D eigenvalue weighted by Crippen LogP contribution is -2.02. The minimum Gasteiger partial charge on any atom is -0.378 e. The first-order chi connectivity index (χ1) is 8.16. The SMILES string of the molecule is Fc1cccc(Br)c1NCc1cccc(Cl)c1. The van der Waals surface area contributed by atoms with Crippen LogP contribution in [0.15, 0.2) is 46.9 Å². The third kappa shape index (κ3) is 3.20. The molecule has 1 N–H and O–H groups in total. The molecule has 0 aliphatic heterocycles. The molecule has 0 unspecified atom stereocenters. The highest BCUT2D eigenvalue weighted by Crippen LogP contribution is 2.25. The number of nitrogens with one attached hydrogen (secondary N) is 1. The number of hydrogen-bond acceptors (Lipinski definition) is 1. The number of benzene rings is 2. The summed E-state index contributed by atoms with van der Waals surface area (Å²) in [5, 5.41) is 3.72. The van der Waals surface area contributed by atoms with Crippen LogP contribution in [0.25, 0.3) is 0 Å². The van der Waals surface area contributed by atoms with E-state index in [1.54, 1.807) is 12.1 Å². The number of para-hydroxylation sites is 1. The van der Waals surface area contributed by atoms with Crippen LogP contribution in [0.5, 0.6) is 0 Å². The number of anilines is 1. The van der Waals surface area contributed by atoms with Crippen molar-refractivity contribution >= 4 is 33.2 Å². The van der Waals surface area contributed by atoms with E-state index >= 15 is 0 Å². The first-order valence-corrected chi connectivity index (χ1v) is 6.26. The van der Waals surface area contributed by atoms with Crippen LogP contribution in [-0.2, 0) is 6.54 Å². The molecule has 0 atom stereocenters. The van der Waals surface area contributed by atoms with Crippen LogP contribution in [0.3, 0.4) is 0 Å². The molecule has 4 heteroatoms. The quantitative estimate of drug-likeness (QED) is 0.853. The van der Waals surface area contributed by atoms with Gasteiger partial charge in [0.2, 0.25) is 0 Å². The maximum absolute atomic E-state index is 13.5. The third-order valence-corrected chi connectivity index (χ3v) is 3.22. The van der Waals surface area contributed by atoms with E-state index in [-0.39, 0.29) is 5.82 Å². The molecule has 17 heavy (non-hydrogen) atoms. The Hall–Kier alpha value is -1.06. The summed E-state index contributed by atoms with van der Waals surface area (Å²) in [6.45, 7) is 0.528. The molecule has 0 amide bonds. The van der Waals surface area contributed by atoms with E-state index in [4.69, 9.17) is 11.6 Å². The van der Waals surface area contributed by atoms with Crippen LogP contribution in [0.1, 0.15) is 5.56 Å². The minimum atomic E-state index is -0.276. The second-order valence-electron chi connectivity index (χ2n) is 3.58. The first-order valence-electron chi connectivity index (χ1n) is 5.09. The maximum Gasteiger partial charge on any atom is 0.147 e.